The summed E-state index contributed by atoms with van der Waals surface area (Å²) < 4.78 is 30.7. The Morgan fingerprint density at radius 1 is 0.450 bits per heavy atom. The Labute approximate surface area is 493 Å². The second-order valence-electron chi connectivity index (χ2n) is 22.9. The van der Waals surface area contributed by atoms with E-state index >= 15 is 0 Å². The number of nitrogens with zero attached hydrogens (tertiary/aromatic N) is 1. The number of esters is 1. The molecule has 0 radical (unpaired) electrons. The fraction of sp³-hybridized carbons (Fsp3) is 0.714. The van der Waals surface area contributed by atoms with Crippen LogP contribution in [-0.4, -0.2) is 74.3 Å². The molecule has 80 heavy (non-hydrogen) atoms. The van der Waals surface area contributed by atoms with Crippen LogP contribution in [-0.2, 0) is 27.9 Å². The van der Waals surface area contributed by atoms with Gasteiger partial charge in [-0.1, -0.05) is 259 Å². The van der Waals surface area contributed by atoms with E-state index in [0.717, 1.165) is 89.9 Å². The maximum atomic E-state index is 13.5. The van der Waals surface area contributed by atoms with Gasteiger partial charge < -0.3 is 19.4 Å². The molecule has 460 valence electrons. The Kier molecular flexibility index (Phi) is 56.4. The van der Waals surface area contributed by atoms with E-state index < -0.39 is 20.0 Å². The topological polar surface area (TPSA) is 111 Å². The van der Waals surface area contributed by atoms with Crippen molar-refractivity contribution in [3.63, 3.8) is 0 Å². The van der Waals surface area contributed by atoms with E-state index in [9.17, 15) is 19.0 Å². The van der Waals surface area contributed by atoms with Gasteiger partial charge in [0.2, 0.25) is 5.91 Å². The zero-order valence-corrected chi connectivity index (χ0v) is 53.4. The van der Waals surface area contributed by atoms with Crippen LogP contribution < -0.4 is 5.32 Å². The summed E-state index contributed by atoms with van der Waals surface area (Å²) in [6.07, 6.45) is 81.0. The third-order valence-electron chi connectivity index (χ3n) is 13.9. The fourth-order valence-corrected chi connectivity index (χ4v) is 9.66. The molecule has 3 unspecified atom stereocenters. The maximum absolute atomic E-state index is 13.5. The molecule has 0 aliphatic carbocycles. The van der Waals surface area contributed by atoms with Crippen LogP contribution in [0.4, 0.5) is 0 Å². The van der Waals surface area contributed by atoms with Gasteiger partial charge in [-0.2, -0.15) is 0 Å². The lowest BCUT2D eigenvalue weighted by atomic mass is 10.0. The van der Waals surface area contributed by atoms with Gasteiger partial charge in [-0.15, -0.1) is 0 Å². The Balaban J connectivity index is 5.21. The van der Waals surface area contributed by atoms with Crippen LogP contribution in [0.3, 0.4) is 0 Å². The molecular weight excluding hydrogens is 1010 g/mol. The number of nitrogens with one attached hydrogen (secondary N) is 1. The molecule has 0 aliphatic heterocycles. The van der Waals surface area contributed by atoms with Gasteiger partial charge in [0.15, 0.2) is 0 Å². The van der Waals surface area contributed by atoms with Crippen LogP contribution in [0.5, 0.6) is 0 Å². The third kappa shape index (κ3) is 59.3. The molecule has 0 aromatic heterocycles. The number of carbonyl (C=O) groups is 2. The summed E-state index contributed by atoms with van der Waals surface area (Å²) in [5.74, 6) is -0.578. The van der Waals surface area contributed by atoms with Crippen LogP contribution in [0.2, 0.25) is 0 Å². The third-order valence-corrected chi connectivity index (χ3v) is 14.9. The van der Waals surface area contributed by atoms with Crippen molar-refractivity contribution in [1.82, 2.24) is 5.32 Å². The lowest BCUT2D eigenvalue weighted by molar-refractivity contribution is -0.870. The maximum Gasteiger partial charge on any atom is 0.472 e. The van der Waals surface area contributed by atoms with Gasteiger partial charge in [-0.05, 0) is 109 Å². The molecule has 0 heterocycles. The van der Waals surface area contributed by atoms with Gasteiger partial charge in [0.05, 0.1) is 33.8 Å². The molecule has 0 aromatic carbocycles. The van der Waals surface area contributed by atoms with Gasteiger partial charge in [-0.25, -0.2) is 4.57 Å². The van der Waals surface area contributed by atoms with E-state index in [-0.39, 0.29) is 37.9 Å². The summed E-state index contributed by atoms with van der Waals surface area (Å²) in [4.78, 5) is 37.7. The molecule has 10 heteroatoms. The smallest absolute Gasteiger partial charge is 0.456 e. The van der Waals surface area contributed by atoms with E-state index in [1.807, 2.05) is 33.3 Å². The number of carbonyl (C=O) groups excluding carboxylic acids is 2. The number of likely N-dealkylation sites (N-methyl/N-ethyl adjacent to an activating group) is 1. The number of allylic oxidation sites excluding steroid dienone is 17. The first kappa shape index (κ1) is 76.7. The molecule has 0 saturated carbocycles. The Morgan fingerprint density at radius 2 is 0.812 bits per heavy atom. The molecule has 0 spiro atoms. The molecule has 3 atom stereocenters. The van der Waals surface area contributed by atoms with Crippen molar-refractivity contribution in [2.45, 2.75) is 283 Å². The second kappa shape index (κ2) is 58.9. The monoisotopic (exact) mass is 1140 g/mol. The largest absolute Gasteiger partial charge is 0.472 e. The molecular formula is C70H124N2O7P+. The molecule has 1 amide bonds. The van der Waals surface area contributed by atoms with E-state index in [1.54, 1.807) is 0 Å². The highest BCUT2D eigenvalue weighted by Crippen LogP contribution is 2.43. The first-order valence-corrected chi connectivity index (χ1v) is 34.2. The summed E-state index contributed by atoms with van der Waals surface area (Å²) in [5.41, 5.74) is 0. The first-order valence-electron chi connectivity index (χ1n) is 32.7. The highest BCUT2D eigenvalue weighted by Gasteiger charge is 2.30. The Hall–Kier alpha value is -3.33. The lowest BCUT2D eigenvalue weighted by Gasteiger charge is -2.27. The first-order chi connectivity index (χ1) is 38.9. The molecule has 0 fully saturated rings. The van der Waals surface area contributed by atoms with Crippen molar-refractivity contribution in [2.75, 3.05) is 40.9 Å². The summed E-state index contributed by atoms with van der Waals surface area (Å²) in [5, 5.41) is 3.02. The summed E-state index contributed by atoms with van der Waals surface area (Å²) in [6.45, 7) is 6.82. The quantitative estimate of drug-likeness (QED) is 0.0205. The van der Waals surface area contributed by atoms with Crippen molar-refractivity contribution in [2.24, 2.45) is 0 Å². The minimum atomic E-state index is -4.47. The number of phosphoric ester groups is 1. The lowest BCUT2D eigenvalue weighted by Crippen LogP contribution is -2.47. The summed E-state index contributed by atoms with van der Waals surface area (Å²) in [7, 11) is 1.45. The molecule has 2 N–H and O–H groups in total. The van der Waals surface area contributed by atoms with Crippen molar-refractivity contribution in [1.29, 1.82) is 0 Å². The van der Waals surface area contributed by atoms with E-state index in [1.165, 1.54) is 141 Å². The van der Waals surface area contributed by atoms with Crippen LogP contribution in [0.15, 0.2) is 109 Å². The van der Waals surface area contributed by atoms with Crippen molar-refractivity contribution < 1.29 is 37.3 Å². The number of amides is 1. The van der Waals surface area contributed by atoms with Crippen molar-refractivity contribution >= 4 is 19.7 Å². The number of ether oxygens (including phenoxy) is 1. The van der Waals surface area contributed by atoms with E-state index in [0.29, 0.717) is 17.4 Å². The Morgan fingerprint density at radius 3 is 1.25 bits per heavy atom. The minimum Gasteiger partial charge on any atom is -0.456 e. The fourth-order valence-electron chi connectivity index (χ4n) is 8.92. The average molecular weight is 1140 g/mol. The molecule has 0 aromatic rings. The number of unbranched alkanes of at least 4 members (excludes halogenated alkanes) is 26. The van der Waals surface area contributed by atoms with Crippen molar-refractivity contribution in [3.8, 4) is 0 Å². The number of hydrogen-bond acceptors (Lipinski definition) is 6. The van der Waals surface area contributed by atoms with Gasteiger partial charge in [0.25, 0.3) is 0 Å². The van der Waals surface area contributed by atoms with Gasteiger partial charge >= 0.3 is 13.8 Å². The number of rotatable bonds is 58. The van der Waals surface area contributed by atoms with E-state index in [4.69, 9.17) is 13.8 Å². The van der Waals surface area contributed by atoms with Crippen LogP contribution in [0.25, 0.3) is 0 Å². The summed E-state index contributed by atoms with van der Waals surface area (Å²) in [6, 6.07) is -0.885. The number of quaternary nitrogens is 1. The van der Waals surface area contributed by atoms with E-state index in [2.05, 4.69) is 123 Å². The highest BCUT2D eigenvalue weighted by molar-refractivity contribution is 7.47. The molecule has 9 nitrogen and oxygen atoms in total. The average Bonchev–Trinajstić information content (AvgIpc) is 3.42. The summed E-state index contributed by atoms with van der Waals surface area (Å²) >= 11 is 0. The SMILES string of the molecule is CC/C=C\C/C=C\C/C=C\C/C=C\C/C=C\CCCC(=O)NC(COP(=O)(O)OCC[N+](C)(C)C)C(/C=C\CCCCCCCCCCCC)OC(=O)CCCCCCCCCCCCCC/C=C\C/C=C\C/C=C\CCCCC. The highest BCUT2D eigenvalue weighted by atomic mass is 31.2. The predicted octanol–water partition coefficient (Wildman–Crippen LogP) is 20.5. The molecule has 0 aliphatic rings. The van der Waals surface area contributed by atoms with Crippen LogP contribution in [0.1, 0.15) is 271 Å². The normalized spacial score (nSPS) is 14.3. The Bertz CT molecular complexity index is 1740. The van der Waals surface area contributed by atoms with Crippen LogP contribution in [0, 0.1) is 0 Å². The molecule has 0 rings (SSSR count). The molecule has 0 bridgehead atoms. The second-order valence-corrected chi connectivity index (χ2v) is 24.4. The number of hydrogen-bond donors (Lipinski definition) is 2. The van der Waals surface area contributed by atoms with Gasteiger partial charge in [0.1, 0.15) is 19.3 Å². The standard InChI is InChI=1S/C70H123N2O7P/c1-7-10-13-16-19-22-25-28-30-32-33-34-35-36-37-38-39-41-43-45-48-51-54-57-60-63-70(74)79-68(61-58-55-52-49-46-27-24-21-18-15-12-9-3)67(66-78-80(75,76)77-65-64-72(4,5)6)71-69(73)62-59-56-53-50-47-44-42-40-31-29-26-23-20-17-14-11-8-2/h11,14,19-20,22-23,28-31,33-34,42,44,50,53,58,61,67-68H,7-10,12-13,15-18,21,24-27,32,35-41,43,45-49,51-52,54-57,59-60,62-66H2,1-6H3,(H-,71,73,75,76)/p+1/b14-11-,22-19-,23-20-,30-28-,31-29-,34-33-,44-42-,53-50-,61-58-. The van der Waals surface area contributed by atoms with Gasteiger partial charge in [0, 0.05) is 12.8 Å². The van der Waals surface area contributed by atoms with Crippen molar-refractivity contribution in [3.05, 3.63) is 109 Å². The minimum absolute atomic E-state index is 0.0246. The van der Waals surface area contributed by atoms with Gasteiger partial charge in [-0.3, -0.25) is 18.6 Å². The predicted molar refractivity (Wildman–Crippen MR) is 346 cm³/mol. The molecule has 0 saturated heterocycles. The number of phosphoric acid groups is 1. The van der Waals surface area contributed by atoms with Crippen LogP contribution >= 0.6 is 7.82 Å². The zero-order valence-electron chi connectivity index (χ0n) is 52.5. The zero-order chi connectivity index (χ0) is 58.6.